The summed E-state index contributed by atoms with van der Waals surface area (Å²) in [5.41, 5.74) is 0.233. The summed E-state index contributed by atoms with van der Waals surface area (Å²) < 4.78 is 28.2. The molecule has 0 aliphatic rings. The van der Waals surface area contributed by atoms with E-state index in [9.17, 15) is 18.0 Å². The van der Waals surface area contributed by atoms with Crippen molar-refractivity contribution >= 4 is 21.6 Å². The highest BCUT2D eigenvalue weighted by molar-refractivity contribution is 7.90. The molecule has 0 aliphatic heterocycles. The van der Waals surface area contributed by atoms with Gasteiger partial charge >= 0.3 is 5.97 Å². The topological polar surface area (TPSA) is 80.8 Å². The Kier molecular flexibility index (Phi) is 5.26. The van der Waals surface area contributed by atoms with Crippen LogP contribution in [0.4, 0.5) is 0 Å². The summed E-state index contributed by atoms with van der Waals surface area (Å²) in [7, 11) is -0.0326. The minimum atomic E-state index is -3.56. The molecule has 0 bridgehead atoms. The van der Waals surface area contributed by atoms with E-state index in [1.165, 1.54) is 24.3 Å². The molecule has 0 aliphatic carbocycles. The summed E-state index contributed by atoms with van der Waals surface area (Å²) in [6.45, 7) is 1.16. The second-order valence-electron chi connectivity index (χ2n) is 4.67. The lowest BCUT2D eigenvalue weighted by Crippen LogP contribution is -2.09. The molecular formula is C14H17NO5S. The van der Waals surface area contributed by atoms with Gasteiger partial charge in [0.1, 0.15) is 10.6 Å². The van der Waals surface area contributed by atoms with Gasteiger partial charge in [0.25, 0.3) is 0 Å². The fraction of sp³-hybridized carbons (Fsp3) is 0.286. The van der Waals surface area contributed by atoms with Gasteiger partial charge in [0.15, 0.2) is 15.6 Å². The third-order valence-corrected chi connectivity index (χ3v) is 3.54. The van der Waals surface area contributed by atoms with Crippen molar-refractivity contribution in [3.63, 3.8) is 0 Å². The summed E-state index contributed by atoms with van der Waals surface area (Å²) in [5, 5.41) is 0. The van der Waals surface area contributed by atoms with Gasteiger partial charge in [0.2, 0.25) is 0 Å². The zero-order valence-corrected chi connectivity index (χ0v) is 13.1. The molecular weight excluding hydrogens is 294 g/mol. The van der Waals surface area contributed by atoms with Gasteiger partial charge in [-0.1, -0.05) is 0 Å². The van der Waals surface area contributed by atoms with Crippen molar-refractivity contribution < 1.29 is 22.7 Å². The Labute approximate surface area is 123 Å². The number of ether oxygens (including phenoxy) is 1. The van der Waals surface area contributed by atoms with E-state index in [1.807, 2.05) is 0 Å². The molecule has 0 saturated carbocycles. The zero-order chi connectivity index (χ0) is 16.2. The van der Waals surface area contributed by atoms with Crippen molar-refractivity contribution in [1.29, 1.82) is 0 Å². The average Bonchev–Trinajstić information content (AvgIpc) is 2.33. The summed E-state index contributed by atoms with van der Waals surface area (Å²) in [5.74, 6) is -1.13. The molecule has 0 amide bonds. The largest absolute Gasteiger partial charge is 0.425 e. The molecule has 0 unspecified atom stereocenters. The number of carbonyl (C=O) groups is 2. The van der Waals surface area contributed by atoms with E-state index >= 15 is 0 Å². The Morgan fingerprint density at radius 3 is 2.33 bits per heavy atom. The molecule has 0 spiro atoms. The first kappa shape index (κ1) is 16.9. The molecule has 6 nitrogen and oxygen atoms in total. The van der Waals surface area contributed by atoms with Crippen molar-refractivity contribution in [2.24, 2.45) is 0 Å². The van der Waals surface area contributed by atoms with Gasteiger partial charge < -0.3 is 9.64 Å². The summed E-state index contributed by atoms with van der Waals surface area (Å²) in [6, 6.07) is 3.89. The third kappa shape index (κ3) is 5.03. The summed E-state index contributed by atoms with van der Waals surface area (Å²) in [6.07, 6.45) is 3.91. The third-order valence-electron chi connectivity index (χ3n) is 2.41. The van der Waals surface area contributed by atoms with E-state index in [4.69, 9.17) is 4.74 Å². The highest BCUT2D eigenvalue weighted by atomic mass is 32.2. The zero-order valence-electron chi connectivity index (χ0n) is 12.3. The molecule has 114 valence electrons. The first-order chi connectivity index (χ1) is 9.61. The van der Waals surface area contributed by atoms with Crippen molar-refractivity contribution in [1.82, 2.24) is 4.90 Å². The van der Waals surface area contributed by atoms with Gasteiger partial charge in [-0.3, -0.25) is 9.59 Å². The Morgan fingerprint density at radius 1 is 1.24 bits per heavy atom. The number of sulfone groups is 1. The Morgan fingerprint density at radius 2 is 1.86 bits per heavy atom. The SMILES string of the molecule is CC(=O)Oc1cc(C(=O)C=CN(C)C)ccc1S(C)(=O)=O. The van der Waals surface area contributed by atoms with Gasteiger partial charge in [-0.05, 0) is 18.2 Å². The average molecular weight is 311 g/mol. The number of ketones is 1. The number of carbonyl (C=O) groups excluding carboxylic acids is 2. The van der Waals surface area contributed by atoms with Crippen LogP contribution in [0, 0.1) is 0 Å². The molecule has 7 heteroatoms. The minimum Gasteiger partial charge on any atom is -0.425 e. The summed E-state index contributed by atoms with van der Waals surface area (Å²) in [4.78, 5) is 24.6. The maximum atomic E-state index is 11.9. The maximum absolute atomic E-state index is 11.9. The first-order valence-electron chi connectivity index (χ1n) is 6.02. The van der Waals surface area contributed by atoms with Crippen molar-refractivity contribution in [2.75, 3.05) is 20.4 Å². The lowest BCUT2D eigenvalue weighted by atomic mass is 10.1. The van der Waals surface area contributed by atoms with Gasteiger partial charge in [-0.2, -0.15) is 0 Å². The second kappa shape index (κ2) is 6.53. The van der Waals surface area contributed by atoms with Crippen LogP contribution in [0.15, 0.2) is 35.4 Å². The Balaban J connectivity index is 3.28. The van der Waals surface area contributed by atoms with E-state index < -0.39 is 15.8 Å². The molecule has 0 fully saturated rings. The standard InChI is InChI=1S/C14H17NO5S/c1-10(16)20-13-9-11(12(17)7-8-15(2)3)5-6-14(13)21(4,18)19/h5-9H,1-4H3. The number of benzene rings is 1. The predicted molar refractivity (Wildman–Crippen MR) is 78.0 cm³/mol. The van der Waals surface area contributed by atoms with E-state index in [0.29, 0.717) is 0 Å². The highest BCUT2D eigenvalue weighted by Gasteiger charge is 2.18. The molecule has 0 radical (unpaired) electrons. The number of rotatable bonds is 5. The fourth-order valence-corrected chi connectivity index (χ4v) is 2.30. The van der Waals surface area contributed by atoms with Crippen LogP contribution < -0.4 is 4.74 Å². The van der Waals surface area contributed by atoms with Crippen molar-refractivity contribution in [2.45, 2.75) is 11.8 Å². The van der Waals surface area contributed by atoms with Crippen LogP contribution in [0.3, 0.4) is 0 Å². The van der Waals surface area contributed by atoms with Crippen LogP contribution in [-0.2, 0) is 14.6 Å². The van der Waals surface area contributed by atoms with E-state index in [2.05, 4.69) is 0 Å². The lowest BCUT2D eigenvalue weighted by Gasteiger charge is -2.09. The maximum Gasteiger partial charge on any atom is 0.308 e. The van der Waals surface area contributed by atoms with Crippen molar-refractivity contribution in [3.8, 4) is 5.75 Å². The van der Waals surface area contributed by atoms with Gasteiger partial charge in [-0.15, -0.1) is 0 Å². The number of allylic oxidation sites excluding steroid dienone is 1. The van der Waals surface area contributed by atoms with Gasteiger partial charge in [0, 0.05) is 45.1 Å². The fourth-order valence-electron chi connectivity index (χ4n) is 1.52. The number of hydrogen-bond acceptors (Lipinski definition) is 6. The predicted octanol–water partition coefficient (Wildman–Crippen LogP) is 1.27. The van der Waals surface area contributed by atoms with Crippen LogP contribution in [0.2, 0.25) is 0 Å². The Bertz CT molecular complexity index is 689. The normalized spacial score (nSPS) is 11.4. The molecule has 21 heavy (non-hydrogen) atoms. The van der Waals surface area contributed by atoms with Crippen LogP contribution in [0.5, 0.6) is 5.75 Å². The second-order valence-corrected chi connectivity index (χ2v) is 6.66. The minimum absolute atomic E-state index is 0.133. The lowest BCUT2D eigenvalue weighted by molar-refractivity contribution is -0.132. The number of esters is 1. The van der Waals surface area contributed by atoms with E-state index in [0.717, 1.165) is 13.2 Å². The molecule has 0 aromatic heterocycles. The Hall–Kier alpha value is -2.15. The highest BCUT2D eigenvalue weighted by Crippen LogP contribution is 2.26. The molecule has 1 aromatic rings. The van der Waals surface area contributed by atoms with Crippen LogP contribution in [0.1, 0.15) is 17.3 Å². The first-order valence-corrected chi connectivity index (χ1v) is 7.92. The molecule has 0 heterocycles. The van der Waals surface area contributed by atoms with Crippen LogP contribution in [-0.4, -0.2) is 45.4 Å². The molecule has 0 saturated heterocycles. The quantitative estimate of drug-likeness (QED) is 0.352. The number of nitrogens with zero attached hydrogens (tertiary/aromatic N) is 1. The van der Waals surface area contributed by atoms with E-state index in [-0.39, 0.29) is 22.0 Å². The van der Waals surface area contributed by atoms with Crippen molar-refractivity contribution in [3.05, 3.63) is 36.0 Å². The summed E-state index contributed by atoms with van der Waals surface area (Å²) >= 11 is 0. The van der Waals surface area contributed by atoms with Gasteiger partial charge in [-0.25, -0.2) is 8.42 Å². The monoisotopic (exact) mass is 311 g/mol. The van der Waals surface area contributed by atoms with Gasteiger partial charge in [0.05, 0.1) is 0 Å². The molecule has 0 atom stereocenters. The number of hydrogen-bond donors (Lipinski definition) is 0. The van der Waals surface area contributed by atoms with E-state index in [1.54, 1.807) is 25.2 Å². The van der Waals surface area contributed by atoms with Crippen LogP contribution >= 0.6 is 0 Å². The molecule has 1 rings (SSSR count). The molecule has 1 aromatic carbocycles. The molecule has 0 N–H and O–H groups in total. The van der Waals surface area contributed by atoms with Crippen LogP contribution in [0.25, 0.3) is 0 Å². The smallest absolute Gasteiger partial charge is 0.308 e.